The molecule has 2 heteroatoms. The van der Waals surface area contributed by atoms with Crippen LogP contribution in [-0.4, -0.2) is 11.1 Å². The molecule has 0 aromatic heterocycles. The van der Waals surface area contributed by atoms with E-state index in [0.717, 1.165) is 6.42 Å². The zero-order chi connectivity index (χ0) is 7.02. The number of hydrogen-bond donors (Lipinski definition) is 1. The number of aliphatic carboxylic acids is 1. The fraction of sp³-hybridized carbons (Fsp3) is 0.857. The molecular weight excluding hydrogens is 116 g/mol. The van der Waals surface area contributed by atoms with E-state index in [4.69, 9.17) is 5.11 Å². The Balaban J connectivity index is 2.33. The number of hydrogen-bond acceptors (Lipinski definition) is 1. The Morgan fingerprint density at radius 1 is 1.67 bits per heavy atom. The largest absolute Gasteiger partial charge is 0.481 e. The van der Waals surface area contributed by atoms with E-state index in [1.165, 1.54) is 0 Å². The maximum atomic E-state index is 10.3. The monoisotopic (exact) mass is 128 g/mol. The van der Waals surface area contributed by atoms with Crippen molar-refractivity contribution in [3.05, 3.63) is 0 Å². The molecule has 1 N–H and O–H groups in total. The van der Waals surface area contributed by atoms with E-state index in [1.54, 1.807) is 0 Å². The van der Waals surface area contributed by atoms with Gasteiger partial charge in [0.1, 0.15) is 0 Å². The molecule has 1 rings (SSSR count). The molecular formula is C7H12O2. The van der Waals surface area contributed by atoms with Crippen LogP contribution in [0.3, 0.4) is 0 Å². The van der Waals surface area contributed by atoms with Gasteiger partial charge in [-0.3, -0.25) is 4.79 Å². The van der Waals surface area contributed by atoms with E-state index in [-0.39, 0.29) is 5.92 Å². The predicted molar refractivity (Wildman–Crippen MR) is 34.1 cm³/mol. The third-order valence-corrected chi connectivity index (χ3v) is 2.01. The van der Waals surface area contributed by atoms with Crippen LogP contribution in [0.25, 0.3) is 0 Å². The quantitative estimate of drug-likeness (QED) is 0.609. The standard InChI is InChI=1S/C7H12O2/c1-4(2)5-3-6(5)7(8)9/h4-6H,3H2,1-2H3,(H,8,9)/t5-,6-/m0/s1. The second-order valence-electron chi connectivity index (χ2n) is 3.09. The Kier molecular flexibility index (Phi) is 1.47. The summed E-state index contributed by atoms with van der Waals surface area (Å²) < 4.78 is 0. The molecule has 1 saturated carbocycles. The van der Waals surface area contributed by atoms with Crippen molar-refractivity contribution in [3.8, 4) is 0 Å². The average molecular weight is 128 g/mol. The van der Waals surface area contributed by atoms with Gasteiger partial charge in [-0.1, -0.05) is 13.8 Å². The van der Waals surface area contributed by atoms with Crippen molar-refractivity contribution in [1.29, 1.82) is 0 Å². The summed E-state index contributed by atoms with van der Waals surface area (Å²) in [6.45, 7) is 4.15. The second-order valence-corrected chi connectivity index (χ2v) is 3.09. The van der Waals surface area contributed by atoms with E-state index in [2.05, 4.69) is 13.8 Å². The van der Waals surface area contributed by atoms with Gasteiger partial charge in [0.15, 0.2) is 0 Å². The molecule has 52 valence electrons. The normalized spacial score (nSPS) is 32.8. The van der Waals surface area contributed by atoms with Gasteiger partial charge in [0.05, 0.1) is 5.92 Å². The highest BCUT2D eigenvalue weighted by Crippen LogP contribution is 2.43. The smallest absolute Gasteiger partial charge is 0.306 e. The summed E-state index contributed by atoms with van der Waals surface area (Å²) in [7, 11) is 0. The lowest BCUT2D eigenvalue weighted by atomic mass is 10.1. The van der Waals surface area contributed by atoms with Crippen LogP contribution >= 0.6 is 0 Å². The molecule has 0 bridgehead atoms. The molecule has 1 aliphatic carbocycles. The minimum absolute atomic E-state index is 0.0231. The van der Waals surface area contributed by atoms with Crippen molar-refractivity contribution >= 4 is 5.97 Å². The fourth-order valence-electron chi connectivity index (χ4n) is 1.24. The first-order valence-corrected chi connectivity index (χ1v) is 3.35. The molecule has 9 heavy (non-hydrogen) atoms. The first-order chi connectivity index (χ1) is 4.13. The van der Waals surface area contributed by atoms with Gasteiger partial charge in [-0.2, -0.15) is 0 Å². The van der Waals surface area contributed by atoms with Gasteiger partial charge in [-0.15, -0.1) is 0 Å². The molecule has 2 nitrogen and oxygen atoms in total. The van der Waals surface area contributed by atoms with Crippen LogP contribution in [0.2, 0.25) is 0 Å². The summed E-state index contributed by atoms with van der Waals surface area (Å²) in [6, 6.07) is 0. The van der Waals surface area contributed by atoms with Crippen molar-refractivity contribution in [1.82, 2.24) is 0 Å². The number of carboxylic acid groups (broad SMARTS) is 1. The Labute approximate surface area is 54.9 Å². The third kappa shape index (κ3) is 1.23. The summed E-state index contributed by atoms with van der Waals surface area (Å²) in [5.41, 5.74) is 0. The molecule has 0 aliphatic heterocycles. The molecule has 0 heterocycles. The average Bonchev–Trinajstić information content (AvgIpc) is 2.39. The molecule has 1 aliphatic rings. The highest BCUT2D eigenvalue weighted by atomic mass is 16.4. The van der Waals surface area contributed by atoms with Gasteiger partial charge < -0.3 is 5.11 Å². The first-order valence-electron chi connectivity index (χ1n) is 3.35. The Morgan fingerprint density at radius 2 is 2.22 bits per heavy atom. The predicted octanol–water partition coefficient (Wildman–Crippen LogP) is 1.36. The van der Waals surface area contributed by atoms with Crippen molar-refractivity contribution in [2.24, 2.45) is 17.8 Å². The molecule has 1 fully saturated rings. The zero-order valence-corrected chi connectivity index (χ0v) is 5.79. The minimum Gasteiger partial charge on any atom is -0.481 e. The van der Waals surface area contributed by atoms with Crippen LogP contribution in [0.4, 0.5) is 0 Å². The SMILES string of the molecule is CC(C)[C@@H]1C[C@@H]1C(=O)O. The Morgan fingerprint density at radius 3 is 2.33 bits per heavy atom. The molecule has 0 unspecified atom stereocenters. The lowest BCUT2D eigenvalue weighted by Gasteiger charge is -1.97. The first kappa shape index (κ1) is 6.59. The topological polar surface area (TPSA) is 37.3 Å². The van der Waals surface area contributed by atoms with E-state index in [1.807, 2.05) is 0 Å². The fourth-order valence-corrected chi connectivity index (χ4v) is 1.24. The lowest BCUT2D eigenvalue weighted by molar-refractivity contribution is -0.139. The summed E-state index contributed by atoms with van der Waals surface area (Å²) in [5, 5.41) is 8.47. The third-order valence-electron chi connectivity index (χ3n) is 2.01. The van der Waals surface area contributed by atoms with Crippen LogP contribution in [0.15, 0.2) is 0 Å². The number of rotatable bonds is 2. The molecule has 0 aromatic rings. The summed E-state index contributed by atoms with van der Waals surface area (Å²) in [4.78, 5) is 10.3. The van der Waals surface area contributed by atoms with Crippen LogP contribution < -0.4 is 0 Å². The van der Waals surface area contributed by atoms with Crippen molar-refractivity contribution in [2.45, 2.75) is 20.3 Å². The van der Waals surface area contributed by atoms with Crippen molar-refractivity contribution in [3.63, 3.8) is 0 Å². The van der Waals surface area contributed by atoms with E-state index in [9.17, 15) is 4.79 Å². The van der Waals surface area contributed by atoms with Crippen molar-refractivity contribution in [2.75, 3.05) is 0 Å². The van der Waals surface area contributed by atoms with Crippen LogP contribution in [0, 0.1) is 17.8 Å². The lowest BCUT2D eigenvalue weighted by Crippen LogP contribution is -2.02. The van der Waals surface area contributed by atoms with Crippen LogP contribution in [0.1, 0.15) is 20.3 Å². The van der Waals surface area contributed by atoms with Crippen LogP contribution in [0.5, 0.6) is 0 Å². The highest BCUT2D eigenvalue weighted by molar-refractivity contribution is 5.73. The molecule has 2 atom stereocenters. The second kappa shape index (κ2) is 2.01. The van der Waals surface area contributed by atoms with Gasteiger partial charge in [-0.25, -0.2) is 0 Å². The van der Waals surface area contributed by atoms with Gasteiger partial charge in [-0.05, 0) is 18.3 Å². The van der Waals surface area contributed by atoms with Gasteiger partial charge in [0.25, 0.3) is 0 Å². The van der Waals surface area contributed by atoms with Crippen LogP contribution in [-0.2, 0) is 4.79 Å². The maximum absolute atomic E-state index is 10.3. The van der Waals surface area contributed by atoms with Gasteiger partial charge in [0.2, 0.25) is 0 Å². The van der Waals surface area contributed by atoms with Crippen molar-refractivity contribution < 1.29 is 9.90 Å². The van der Waals surface area contributed by atoms with E-state index in [0.29, 0.717) is 11.8 Å². The highest BCUT2D eigenvalue weighted by Gasteiger charge is 2.44. The summed E-state index contributed by atoms with van der Waals surface area (Å²) in [6.07, 6.45) is 0.896. The molecule has 0 radical (unpaired) electrons. The Bertz CT molecular complexity index is 129. The molecule has 0 aromatic carbocycles. The maximum Gasteiger partial charge on any atom is 0.306 e. The van der Waals surface area contributed by atoms with E-state index >= 15 is 0 Å². The van der Waals surface area contributed by atoms with Gasteiger partial charge >= 0.3 is 5.97 Å². The summed E-state index contributed by atoms with van der Waals surface area (Å²) >= 11 is 0. The van der Waals surface area contributed by atoms with Gasteiger partial charge in [0, 0.05) is 0 Å². The number of carboxylic acids is 1. The number of carbonyl (C=O) groups is 1. The van der Waals surface area contributed by atoms with E-state index < -0.39 is 5.97 Å². The zero-order valence-electron chi connectivity index (χ0n) is 5.79. The summed E-state index contributed by atoms with van der Waals surface area (Å²) in [5.74, 6) is 0.368. The minimum atomic E-state index is -0.617. The molecule has 0 spiro atoms. The Hall–Kier alpha value is -0.530. The molecule has 0 saturated heterocycles. The molecule has 0 amide bonds.